The maximum atomic E-state index is 12.4. The predicted octanol–water partition coefficient (Wildman–Crippen LogP) is 4.39. The number of amides is 1. The van der Waals surface area contributed by atoms with Gasteiger partial charge in [-0.3, -0.25) is 4.79 Å². The van der Waals surface area contributed by atoms with Crippen LogP contribution >= 0.6 is 22.9 Å². The predicted molar refractivity (Wildman–Crippen MR) is 109 cm³/mol. The molecule has 0 bridgehead atoms. The van der Waals surface area contributed by atoms with E-state index in [0.29, 0.717) is 17.3 Å². The number of nitrogens with one attached hydrogen (secondary N) is 1. The van der Waals surface area contributed by atoms with Crippen LogP contribution in [-0.2, 0) is 6.54 Å². The summed E-state index contributed by atoms with van der Waals surface area (Å²) in [4.78, 5) is 23.6. The Morgan fingerprint density at radius 3 is 2.74 bits per heavy atom. The fourth-order valence-corrected chi connectivity index (χ4v) is 4.00. The van der Waals surface area contributed by atoms with Crippen LogP contribution in [0.5, 0.6) is 0 Å². The first-order valence-electron chi connectivity index (χ1n) is 8.88. The number of carbonyl (C=O) groups excluding carboxylic acids is 1. The summed E-state index contributed by atoms with van der Waals surface area (Å²) in [5, 5.41) is 6.21. The zero-order valence-electron chi connectivity index (χ0n) is 14.7. The summed E-state index contributed by atoms with van der Waals surface area (Å²) in [7, 11) is 0. The van der Waals surface area contributed by atoms with Gasteiger partial charge in [0.1, 0.15) is 16.5 Å². The van der Waals surface area contributed by atoms with E-state index in [1.807, 2.05) is 36.4 Å². The minimum Gasteiger partial charge on any atom is -0.357 e. The summed E-state index contributed by atoms with van der Waals surface area (Å²) < 4.78 is 0. The Labute approximate surface area is 167 Å². The van der Waals surface area contributed by atoms with E-state index in [1.165, 1.54) is 24.2 Å². The number of pyridine rings is 1. The standard InChI is InChI=1S/C20H19ClN4OS/c21-16-5-3-15(4-6-16)20-24-17(13-27-20)19(26)23-12-14-7-8-22-18(11-14)25-9-1-2-10-25/h3-8,11,13H,1-2,9-10,12H2,(H,23,26). The summed E-state index contributed by atoms with van der Waals surface area (Å²) in [5.41, 5.74) is 2.42. The number of nitrogens with zero attached hydrogens (tertiary/aromatic N) is 3. The van der Waals surface area contributed by atoms with Crippen molar-refractivity contribution >= 4 is 34.7 Å². The number of aromatic nitrogens is 2. The van der Waals surface area contributed by atoms with Gasteiger partial charge < -0.3 is 10.2 Å². The molecule has 1 aromatic carbocycles. The lowest BCUT2D eigenvalue weighted by Gasteiger charge is -2.16. The average molecular weight is 399 g/mol. The van der Waals surface area contributed by atoms with Crippen molar-refractivity contribution in [2.75, 3.05) is 18.0 Å². The van der Waals surface area contributed by atoms with Crippen molar-refractivity contribution in [1.82, 2.24) is 15.3 Å². The van der Waals surface area contributed by atoms with Gasteiger partial charge in [-0.05, 0) is 42.7 Å². The second-order valence-electron chi connectivity index (χ2n) is 6.44. The summed E-state index contributed by atoms with van der Waals surface area (Å²) in [6, 6.07) is 11.4. The zero-order valence-corrected chi connectivity index (χ0v) is 16.3. The number of hydrogen-bond donors (Lipinski definition) is 1. The molecule has 1 fully saturated rings. The van der Waals surface area contributed by atoms with Crippen molar-refractivity contribution < 1.29 is 4.79 Å². The van der Waals surface area contributed by atoms with Gasteiger partial charge in [-0.1, -0.05) is 23.7 Å². The molecule has 0 aliphatic carbocycles. The number of benzene rings is 1. The molecule has 5 nitrogen and oxygen atoms in total. The molecule has 138 valence electrons. The molecule has 0 atom stereocenters. The van der Waals surface area contributed by atoms with E-state index < -0.39 is 0 Å². The van der Waals surface area contributed by atoms with E-state index in [4.69, 9.17) is 11.6 Å². The third-order valence-corrected chi connectivity index (χ3v) is 5.66. The maximum absolute atomic E-state index is 12.4. The van der Waals surface area contributed by atoms with Crippen LogP contribution in [0.2, 0.25) is 5.02 Å². The molecule has 4 rings (SSSR count). The summed E-state index contributed by atoms with van der Waals surface area (Å²) in [6.07, 6.45) is 4.22. The van der Waals surface area contributed by atoms with Gasteiger partial charge >= 0.3 is 0 Å². The Morgan fingerprint density at radius 1 is 1.19 bits per heavy atom. The Bertz CT molecular complexity index is 935. The Balaban J connectivity index is 1.40. The van der Waals surface area contributed by atoms with Crippen molar-refractivity contribution in [1.29, 1.82) is 0 Å². The molecule has 0 radical (unpaired) electrons. The van der Waals surface area contributed by atoms with Crippen molar-refractivity contribution in [3.05, 3.63) is 64.3 Å². The molecular formula is C20H19ClN4OS. The van der Waals surface area contributed by atoms with Crippen LogP contribution < -0.4 is 10.2 Å². The van der Waals surface area contributed by atoms with Crippen molar-refractivity contribution in [3.63, 3.8) is 0 Å². The van der Waals surface area contributed by atoms with Gasteiger partial charge in [0, 0.05) is 41.8 Å². The van der Waals surface area contributed by atoms with E-state index >= 15 is 0 Å². The molecule has 1 N–H and O–H groups in total. The number of halogens is 1. The fraction of sp³-hybridized carbons (Fsp3) is 0.250. The highest BCUT2D eigenvalue weighted by Gasteiger charge is 2.15. The van der Waals surface area contributed by atoms with Crippen LogP contribution in [0, 0.1) is 0 Å². The Hall–Kier alpha value is -2.44. The molecule has 7 heteroatoms. The van der Waals surface area contributed by atoms with Crippen LogP contribution in [0.3, 0.4) is 0 Å². The number of rotatable bonds is 5. The minimum absolute atomic E-state index is 0.175. The topological polar surface area (TPSA) is 58.1 Å². The molecule has 0 unspecified atom stereocenters. The van der Waals surface area contributed by atoms with Crippen LogP contribution in [0.15, 0.2) is 48.0 Å². The molecule has 27 heavy (non-hydrogen) atoms. The number of carbonyl (C=O) groups is 1. The third kappa shape index (κ3) is 4.28. The molecule has 1 aliphatic rings. The summed E-state index contributed by atoms with van der Waals surface area (Å²) >= 11 is 7.36. The molecule has 1 aliphatic heterocycles. The van der Waals surface area contributed by atoms with Crippen molar-refractivity contribution in [2.24, 2.45) is 0 Å². The van der Waals surface area contributed by atoms with Gasteiger partial charge in [-0.2, -0.15) is 0 Å². The van der Waals surface area contributed by atoms with Gasteiger partial charge in [0.05, 0.1) is 0 Å². The lowest BCUT2D eigenvalue weighted by atomic mass is 10.2. The van der Waals surface area contributed by atoms with Crippen LogP contribution in [0.4, 0.5) is 5.82 Å². The molecule has 3 aromatic rings. The SMILES string of the molecule is O=C(NCc1ccnc(N2CCCC2)c1)c1csc(-c2ccc(Cl)cc2)n1. The van der Waals surface area contributed by atoms with E-state index in [0.717, 1.165) is 35.0 Å². The highest BCUT2D eigenvalue weighted by atomic mass is 35.5. The lowest BCUT2D eigenvalue weighted by molar-refractivity contribution is 0.0946. The molecule has 3 heterocycles. The number of hydrogen-bond acceptors (Lipinski definition) is 5. The molecule has 1 amide bonds. The fourth-order valence-electron chi connectivity index (χ4n) is 3.07. The van der Waals surface area contributed by atoms with Crippen LogP contribution in [-0.4, -0.2) is 29.0 Å². The van der Waals surface area contributed by atoms with E-state index in [1.54, 1.807) is 11.6 Å². The molecule has 1 saturated heterocycles. The highest BCUT2D eigenvalue weighted by molar-refractivity contribution is 7.13. The van der Waals surface area contributed by atoms with E-state index in [2.05, 4.69) is 20.2 Å². The molecule has 0 spiro atoms. The third-order valence-electron chi connectivity index (χ3n) is 4.52. The maximum Gasteiger partial charge on any atom is 0.271 e. The molecular weight excluding hydrogens is 380 g/mol. The van der Waals surface area contributed by atoms with Gasteiger partial charge in [0.15, 0.2) is 0 Å². The molecule has 0 saturated carbocycles. The minimum atomic E-state index is -0.175. The summed E-state index contributed by atoms with van der Waals surface area (Å²) in [5.74, 6) is 0.809. The quantitative estimate of drug-likeness (QED) is 0.692. The van der Waals surface area contributed by atoms with E-state index in [9.17, 15) is 4.79 Å². The first-order chi connectivity index (χ1) is 13.2. The normalized spacial score (nSPS) is 13.7. The highest BCUT2D eigenvalue weighted by Crippen LogP contribution is 2.25. The second-order valence-corrected chi connectivity index (χ2v) is 7.74. The summed E-state index contributed by atoms with van der Waals surface area (Å²) in [6.45, 7) is 2.56. The first kappa shape index (κ1) is 17.9. The van der Waals surface area contributed by atoms with Gasteiger partial charge in [0.2, 0.25) is 0 Å². The first-order valence-corrected chi connectivity index (χ1v) is 10.1. The monoisotopic (exact) mass is 398 g/mol. The largest absolute Gasteiger partial charge is 0.357 e. The van der Waals surface area contributed by atoms with Gasteiger partial charge in [-0.25, -0.2) is 9.97 Å². The van der Waals surface area contributed by atoms with Crippen LogP contribution in [0.25, 0.3) is 10.6 Å². The Kier molecular flexibility index (Phi) is 5.36. The second kappa shape index (κ2) is 8.06. The smallest absolute Gasteiger partial charge is 0.271 e. The van der Waals surface area contributed by atoms with Crippen molar-refractivity contribution in [3.8, 4) is 10.6 Å². The number of anilines is 1. The average Bonchev–Trinajstić information content (AvgIpc) is 3.39. The van der Waals surface area contributed by atoms with E-state index in [-0.39, 0.29) is 5.91 Å². The number of thiazole rings is 1. The lowest BCUT2D eigenvalue weighted by Crippen LogP contribution is -2.24. The van der Waals surface area contributed by atoms with Crippen LogP contribution in [0.1, 0.15) is 28.9 Å². The van der Waals surface area contributed by atoms with Gasteiger partial charge in [-0.15, -0.1) is 11.3 Å². The van der Waals surface area contributed by atoms with Crippen molar-refractivity contribution in [2.45, 2.75) is 19.4 Å². The molecule has 2 aromatic heterocycles. The van der Waals surface area contributed by atoms with Gasteiger partial charge in [0.25, 0.3) is 5.91 Å². The zero-order chi connectivity index (χ0) is 18.6. The Morgan fingerprint density at radius 2 is 1.96 bits per heavy atom.